The van der Waals surface area contributed by atoms with Crippen LogP contribution in [-0.2, 0) is 0 Å². The zero-order valence-electron chi connectivity index (χ0n) is 7.86. The number of nitrogens with zero attached hydrogens (tertiary/aromatic N) is 2. The molecular formula is C10H13IN2O. The van der Waals surface area contributed by atoms with Gasteiger partial charge in [-0.25, -0.2) is 4.98 Å². The maximum atomic E-state index is 9.37. The second-order valence-corrected chi connectivity index (χ2v) is 4.66. The van der Waals surface area contributed by atoms with Gasteiger partial charge in [0.1, 0.15) is 3.70 Å². The molecule has 1 fully saturated rings. The number of pyridine rings is 1. The number of rotatable bonds is 1. The third-order valence-electron chi connectivity index (χ3n) is 2.54. The molecule has 0 aromatic carbocycles. The molecule has 76 valence electrons. The molecule has 0 aliphatic carbocycles. The zero-order valence-corrected chi connectivity index (χ0v) is 10.0. The Kier molecular flexibility index (Phi) is 3.22. The number of anilines is 1. The maximum absolute atomic E-state index is 9.37. The molecule has 0 amide bonds. The first-order chi connectivity index (χ1) is 6.75. The molecule has 0 radical (unpaired) electrons. The van der Waals surface area contributed by atoms with E-state index in [1.807, 2.05) is 12.3 Å². The van der Waals surface area contributed by atoms with Crippen molar-refractivity contribution in [3.05, 3.63) is 22.0 Å². The van der Waals surface area contributed by atoms with Crippen molar-refractivity contribution < 1.29 is 5.11 Å². The Morgan fingerprint density at radius 1 is 1.36 bits per heavy atom. The van der Waals surface area contributed by atoms with Crippen LogP contribution < -0.4 is 4.90 Å². The van der Waals surface area contributed by atoms with Crippen LogP contribution >= 0.6 is 22.6 Å². The molecule has 0 bridgehead atoms. The summed E-state index contributed by atoms with van der Waals surface area (Å²) in [7, 11) is 0. The zero-order chi connectivity index (χ0) is 9.97. The van der Waals surface area contributed by atoms with Gasteiger partial charge in [0.25, 0.3) is 0 Å². The lowest BCUT2D eigenvalue weighted by Crippen LogP contribution is -2.35. The Bertz CT molecular complexity index is 293. The fourth-order valence-corrected chi connectivity index (χ4v) is 2.00. The number of aliphatic hydroxyl groups is 1. The van der Waals surface area contributed by atoms with Gasteiger partial charge in [0, 0.05) is 13.1 Å². The summed E-state index contributed by atoms with van der Waals surface area (Å²) in [5, 5.41) is 9.37. The summed E-state index contributed by atoms with van der Waals surface area (Å²) in [6.45, 7) is 1.87. The maximum Gasteiger partial charge on any atom is 0.101 e. The average molecular weight is 304 g/mol. The molecule has 2 heterocycles. The highest BCUT2D eigenvalue weighted by Crippen LogP contribution is 2.19. The van der Waals surface area contributed by atoms with Crippen molar-refractivity contribution >= 4 is 28.3 Å². The molecule has 0 atom stereocenters. The fraction of sp³-hybridized carbons (Fsp3) is 0.500. The molecule has 1 N–H and O–H groups in total. The van der Waals surface area contributed by atoms with Gasteiger partial charge in [0.15, 0.2) is 0 Å². The van der Waals surface area contributed by atoms with Crippen LogP contribution in [0.2, 0.25) is 0 Å². The lowest BCUT2D eigenvalue weighted by molar-refractivity contribution is 0.145. The highest BCUT2D eigenvalue weighted by atomic mass is 127. The van der Waals surface area contributed by atoms with Crippen molar-refractivity contribution in [1.82, 2.24) is 4.98 Å². The molecule has 1 saturated heterocycles. The molecule has 1 aromatic rings. The smallest absolute Gasteiger partial charge is 0.101 e. The molecule has 4 heteroatoms. The summed E-state index contributed by atoms with van der Waals surface area (Å²) in [5.41, 5.74) is 1.16. The summed E-state index contributed by atoms with van der Waals surface area (Å²) >= 11 is 2.20. The number of aliphatic hydroxyl groups excluding tert-OH is 1. The van der Waals surface area contributed by atoms with E-state index in [0.29, 0.717) is 0 Å². The number of hydrogen-bond donors (Lipinski definition) is 1. The van der Waals surface area contributed by atoms with Crippen LogP contribution in [-0.4, -0.2) is 29.3 Å². The largest absolute Gasteiger partial charge is 0.393 e. The van der Waals surface area contributed by atoms with Crippen LogP contribution in [0, 0.1) is 3.70 Å². The molecule has 0 spiro atoms. The van der Waals surface area contributed by atoms with E-state index in [9.17, 15) is 5.11 Å². The minimum absolute atomic E-state index is 0.108. The van der Waals surface area contributed by atoms with Crippen LogP contribution in [0.4, 0.5) is 5.69 Å². The number of piperidine rings is 1. The quantitative estimate of drug-likeness (QED) is 0.633. The second-order valence-electron chi connectivity index (χ2n) is 3.56. The summed E-state index contributed by atoms with van der Waals surface area (Å²) in [4.78, 5) is 6.53. The van der Waals surface area contributed by atoms with Crippen molar-refractivity contribution in [2.45, 2.75) is 18.9 Å². The summed E-state index contributed by atoms with van der Waals surface area (Å²) < 4.78 is 1.02. The molecule has 0 saturated carbocycles. The Morgan fingerprint density at radius 2 is 2.07 bits per heavy atom. The number of hydrogen-bond acceptors (Lipinski definition) is 3. The first kappa shape index (κ1) is 10.2. The van der Waals surface area contributed by atoms with Gasteiger partial charge in [0.2, 0.25) is 0 Å². The molecule has 1 aliphatic heterocycles. The summed E-state index contributed by atoms with van der Waals surface area (Å²) in [5.74, 6) is 0. The van der Waals surface area contributed by atoms with Gasteiger partial charge in [0.05, 0.1) is 18.0 Å². The average Bonchev–Trinajstić information content (AvgIpc) is 2.21. The van der Waals surface area contributed by atoms with Crippen molar-refractivity contribution in [2.24, 2.45) is 0 Å². The third kappa shape index (κ3) is 2.36. The first-order valence-corrected chi connectivity index (χ1v) is 5.88. The van der Waals surface area contributed by atoms with E-state index in [-0.39, 0.29) is 6.10 Å². The standard InChI is InChI=1S/C10H13IN2O/c11-10-2-1-8(7-12-10)13-5-3-9(14)4-6-13/h1-2,7,9,14H,3-6H2. The molecule has 2 rings (SSSR count). The van der Waals surface area contributed by atoms with Crippen LogP contribution in [0.1, 0.15) is 12.8 Å². The van der Waals surface area contributed by atoms with E-state index in [4.69, 9.17) is 0 Å². The Morgan fingerprint density at radius 3 is 2.64 bits per heavy atom. The first-order valence-electron chi connectivity index (χ1n) is 4.80. The van der Waals surface area contributed by atoms with Gasteiger partial charge in [-0.05, 0) is 47.6 Å². The molecule has 3 nitrogen and oxygen atoms in total. The minimum atomic E-state index is -0.108. The van der Waals surface area contributed by atoms with Gasteiger partial charge >= 0.3 is 0 Å². The van der Waals surface area contributed by atoms with Crippen LogP contribution in [0.25, 0.3) is 0 Å². The highest BCUT2D eigenvalue weighted by Gasteiger charge is 2.16. The molecule has 0 unspecified atom stereocenters. The molecule has 1 aromatic heterocycles. The van der Waals surface area contributed by atoms with E-state index in [1.54, 1.807) is 0 Å². The summed E-state index contributed by atoms with van der Waals surface area (Å²) in [6, 6.07) is 4.10. The second kappa shape index (κ2) is 4.44. The van der Waals surface area contributed by atoms with E-state index < -0.39 is 0 Å². The van der Waals surface area contributed by atoms with Gasteiger partial charge in [-0.15, -0.1) is 0 Å². The Labute approximate surface area is 97.3 Å². The van der Waals surface area contributed by atoms with Crippen LogP contribution in [0.5, 0.6) is 0 Å². The van der Waals surface area contributed by atoms with Crippen molar-refractivity contribution in [1.29, 1.82) is 0 Å². The van der Waals surface area contributed by atoms with E-state index in [2.05, 4.69) is 38.5 Å². The van der Waals surface area contributed by atoms with Crippen molar-refractivity contribution in [3.8, 4) is 0 Å². The molecule has 1 aliphatic rings. The van der Waals surface area contributed by atoms with Crippen LogP contribution in [0.15, 0.2) is 18.3 Å². The number of aromatic nitrogens is 1. The van der Waals surface area contributed by atoms with E-state index >= 15 is 0 Å². The lowest BCUT2D eigenvalue weighted by Gasteiger charge is -2.31. The van der Waals surface area contributed by atoms with Crippen molar-refractivity contribution in [3.63, 3.8) is 0 Å². The predicted octanol–water partition coefficient (Wildman–Crippen LogP) is 1.65. The highest BCUT2D eigenvalue weighted by molar-refractivity contribution is 14.1. The van der Waals surface area contributed by atoms with Gasteiger partial charge in [-0.3, -0.25) is 0 Å². The number of halogens is 1. The third-order valence-corrected chi connectivity index (χ3v) is 3.18. The van der Waals surface area contributed by atoms with Gasteiger partial charge in [-0.1, -0.05) is 0 Å². The van der Waals surface area contributed by atoms with Gasteiger partial charge in [-0.2, -0.15) is 0 Å². The SMILES string of the molecule is OC1CCN(c2ccc(I)nc2)CC1. The summed E-state index contributed by atoms with van der Waals surface area (Å²) in [6.07, 6.45) is 3.53. The molecule has 14 heavy (non-hydrogen) atoms. The van der Waals surface area contributed by atoms with E-state index in [0.717, 1.165) is 35.3 Å². The lowest BCUT2D eigenvalue weighted by atomic mass is 10.1. The normalized spacial score (nSPS) is 18.6. The van der Waals surface area contributed by atoms with E-state index in [1.165, 1.54) is 0 Å². The predicted molar refractivity (Wildman–Crippen MR) is 64.4 cm³/mol. The molecular weight excluding hydrogens is 291 g/mol. The van der Waals surface area contributed by atoms with Crippen molar-refractivity contribution in [2.75, 3.05) is 18.0 Å². The van der Waals surface area contributed by atoms with Crippen LogP contribution in [0.3, 0.4) is 0 Å². The Balaban J connectivity index is 2.05. The van der Waals surface area contributed by atoms with Gasteiger partial charge < -0.3 is 10.0 Å². The minimum Gasteiger partial charge on any atom is -0.393 e. The fourth-order valence-electron chi connectivity index (χ4n) is 1.68. The Hall–Kier alpha value is -0.360. The monoisotopic (exact) mass is 304 g/mol. The topological polar surface area (TPSA) is 36.4 Å².